The summed E-state index contributed by atoms with van der Waals surface area (Å²) in [7, 11) is 0. The summed E-state index contributed by atoms with van der Waals surface area (Å²) in [5.41, 5.74) is 6.44. The van der Waals surface area contributed by atoms with Gasteiger partial charge in [-0.25, -0.2) is 4.79 Å². The lowest BCUT2D eigenvalue weighted by atomic mass is 9.93. The van der Waals surface area contributed by atoms with E-state index < -0.39 is 0 Å². The quantitative estimate of drug-likeness (QED) is 0.590. The number of carbonyl (C=O) groups excluding carboxylic acids is 1. The number of ether oxygens (including phenoxy) is 1. The van der Waals surface area contributed by atoms with Gasteiger partial charge in [-0.05, 0) is 41.6 Å². The zero-order valence-electron chi connectivity index (χ0n) is 18.1. The van der Waals surface area contributed by atoms with Crippen molar-refractivity contribution in [3.63, 3.8) is 0 Å². The second-order valence-corrected chi connectivity index (χ2v) is 8.35. The lowest BCUT2D eigenvalue weighted by Gasteiger charge is -2.34. The minimum Gasteiger partial charge on any atom is -0.457 e. The van der Waals surface area contributed by atoms with Crippen LogP contribution >= 0.6 is 0 Å². The molecular formula is C23H24N7O2+. The van der Waals surface area contributed by atoms with Crippen molar-refractivity contribution in [1.82, 2.24) is 15.2 Å². The number of pyridine rings is 1. The smallest absolute Gasteiger partial charge is 0.370 e. The van der Waals surface area contributed by atoms with Crippen LogP contribution in [-0.2, 0) is 11.3 Å². The average Bonchev–Trinajstić information content (AvgIpc) is 3.41. The molecule has 162 valence electrons. The number of nitrogens with zero attached hydrogens (tertiary/aromatic N) is 6. The van der Waals surface area contributed by atoms with Crippen molar-refractivity contribution in [2.24, 2.45) is 10.2 Å². The maximum atomic E-state index is 11.8. The standard InChI is InChI=1S/C23H24N7O2/c1-14-7-22(26-9-16(14)8-24)30-27-10-17(28-30)11-29-6-5-25-21(12-29)18-3-4-19-20(15(18)2)13-32-23(19)31/h3-4,7,9,21,25H,5-6,10-13H2,1-2H3/q+1/t21-/m0/s1. The second kappa shape index (κ2) is 8.22. The van der Waals surface area contributed by atoms with E-state index in [4.69, 9.17) is 10.00 Å². The summed E-state index contributed by atoms with van der Waals surface area (Å²) in [5, 5.41) is 21.8. The number of nitriles is 1. The van der Waals surface area contributed by atoms with Crippen molar-refractivity contribution in [3.8, 4) is 6.07 Å². The minimum absolute atomic E-state index is 0.183. The first kappa shape index (κ1) is 20.4. The minimum atomic E-state index is -0.229. The highest BCUT2D eigenvalue weighted by Crippen LogP contribution is 2.30. The van der Waals surface area contributed by atoms with E-state index in [1.54, 1.807) is 11.0 Å². The maximum absolute atomic E-state index is 11.8. The van der Waals surface area contributed by atoms with E-state index in [1.807, 2.05) is 25.1 Å². The van der Waals surface area contributed by atoms with Crippen molar-refractivity contribution in [3.05, 3.63) is 57.8 Å². The molecule has 1 aromatic carbocycles. The third-order valence-electron chi connectivity index (χ3n) is 6.29. The molecule has 1 saturated heterocycles. The number of hydrogen-bond acceptors (Lipinski definition) is 8. The van der Waals surface area contributed by atoms with Crippen LogP contribution < -0.4 is 5.32 Å². The van der Waals surface area contributed by atoms with E-state index in [0.29, 0.717) is 30.1 Å². The maximum Gasteiger partial charge on any atom is 0.370 e. The number of fused-ring (bicyclic) bond motifs is 1. The monoisotopic (exact) mass is 430 g/mol. The average molecular weight is 430 g/mol. The van der Waals surface area contributed by atoms with Gasteiger partial charge in [-0.15, -0.1) is 0 Å². The molecule has 32 heavy (non-hydrogen) atoms. The van der Waals surface area contributed by atoms with Crippen molar-refractivity contribution < 1.29 is 14.3 Å². The van der Waals surface area contributed by atoms with Crippen molar-refractivity contribution in [2.75, 3.05) is 32.7 Å². The summed E-state index contributed by atoms with van der Waals surface area (Å²) in [6.07, 6.45) is 1.56. The number of piperazine rings is 1. The molecule has 2 aromatic rings. The zero-order chi connectivity index (χ0) is 22.2. The largest absolute Gasteiger partial charge is 0.457 e. The number of hydrazone groups is 1. The van der Waals surface area contributed by atoms with Crippen LogP contribution in [0.1, 0.15) is 44.2 Å². The summed E-state index contributed by atoms with van der Waals surface area (Å²) in [6, 6.07) is 8.08. The fourth-order valence-corrected chi connectivity index (χ4v) is 4.48. The number of nitrogens with one attached hydrogen (secondary N) is 1. The Hall–Kier alpha value is -3.48. The third kappa shape index (κ3) is 3.68. The topological polar surface area (TPSA) is 106 Å². The Bertz CT molecular complexity index is 1210. The van der Waals surface area contributed by atoms with Gasteiger partial charge in [0.2, 0.25) is 0 Å². The number of azo groups is 1. The lowest BCUT2D eigenvalue weighted by Crippen LogP contribution is -2.47. The van der Waals surface area contributed by atoms with Gasteiger partial charge in [0.25, 0.3) is 0 Å². The van der Waals surface area contributed by atoms with E-state index >= 15 is 0 Å². The number of aryl methyl sites for hydroxylation is 1. The van der Waals surface area contributed by atoms with Gasteiger partial charge >= 0.3 is 11.8 Å². The summed E-state index contributed by atoms with van der Waals surface area (Å²) in [5.74, 6) is 0.396. The highest BCUT2D eigenvalue weighted by molar-refractivity contribution is 5.94. The number of hydrogen-bond donors (Lipinski definition) is 1. The van der Waals surface area contributed by atoms with Gasteiger partial charge in [-0.2, -0.15) is 5.26 Å². The molecule has 3 aliphatic rings. The summed E-state index contributed by atoms with van der Waals surface area (Å²) < 4.78 is 5.20. The van der Waals surface area contributed by atoms with Crippen LogP contribution in [0.2, 0.25) is 0 Å². The molecule has 0 saturated carbocycles. The van der Waals surface area contributed by atoms with Crippen LogP contribution in [0.25, 0.3) is 0 Å². The van der Waals surface area contributed by atoms with Gasteiger partial charge in [0.1, 0.15) is 24.9 Å². The van der Waals surface area contributed by atoms with Crippen molar-refractivity contribution in [1.29, 1.82) is 5.26 Å². The molecule has 9 nitrogen and oxygen atoms in total. The Morgan fingerprint density at radius 1 is 1.38 bits per heavy atom. The zero-order valence-corrected chi connectivity index (χ0v) is 18.1. The fourth-order valence-electron chi connectivity index (χ4n) is 4.48. The molecule has 0 aliphatic carbocycles. The fraction of sp³-hybridized carbons (Fsp3) is 0.391. The number of aromatic nitrogens is 1. The molecule has 9 heteroatoms. The molecule has 1 fully saturated rings. The van der Waals surface area contributed by atoms with Crippen LogP contribution in [-0.4, -0.2) is 59.1 Å². The Morgan fingerprint density at radius 2 is 2.25 bits per heavy atom. The van der Waals surface area contributed by atoms with Gasteiger partial charge < -0.3 is 10.1 Å². The Labute approximate surface area is 186 Å². The molecule has 4 heterocycles. The van der Waals surface area contributed by atoms with Gasteiger partial charge in [0, 0.05) is 48.7 Å². The van der Waals surface area contributed by atoms with Crippen molar-refractivity contribution in [2.45, 2.75) is 26.5 Å². The molecule has 0 radical (unpaired) electrons. The van der Waals surface area contributed by atoms with Gasteiger partial charge in [-0.1, -0.05) is 16.3 Å². The highest BCUT2D eigenvalue weighted by Gasteiger charge is 2.29. The van der Waals surface area contributed by atoms with Crippen LogP contribution in [0, 0.1) is 25.2 Å². The number of rotatable bonds is 4. The molecule has 0 unspecified atom stereocenters. The van der Waals surface area contributed by atoms with E-state index in [2.05, 4.69) is 38.4 Å². The molecule has 0 spiro atoms. The number of cyclic esters (lactones) is 1. The Kier molecular flexibility index (Phi) is 5.25. The molecule has 3 aliphatic heterocycles. The summed E-state index contributed by atoms with van der Waals surface area (Å²) >= 11 is 0. The Balaban J connectivity index is 1.28. The molecule has 5 rings (SSSR count). The van der Waals surface area contributed by atoms with E-state index in [-0.39, 0.29) is 12.0 Å². The van der Waals surface area contributed by atoms with Crippen LogP contribution in [0.15, 0.2) is 34.6 Å². The van der Waals surface area contributed by atoms with Crippen LogP contribution in [0.3, 0.4) is 0 Å². The predicted octanol–water partition coefficient (Wildman–Crippen LogP) is 2.35. The predicted molar refractivity (Wildman–Crippen MR) is 116 cm³/mol. The molecule has 0 bridgehead atoms. The van der Waals surface area contributed by atoms with E-state index in [0.717, 1.165) is 48.6 Å². The third-order valence-corrected chi connectivity index (χ3v) is 6.29. The molecular weight excluding hydrogens is 406 g/mol. The Morgan fingerprint density at radius 3 is 3.06 bits per heavy atom. The summed E-state index contributed by atoms with van der Waals surface area (Å²) in [6.45, 7) is 8.24. The van der Waals surface area contributed by atoms with E-state index in [1.165, 1.54) is 5.56 Å². The first-order valence-corrected chi connectivity index (χ1v) is 10.7. The lowest BCUT2D eigenvalue weighted by molar-refractivity contribution is -0.515. The molecule has 1 atom stereocenters. The van der Waals surface area contributed by atoms with Gasteiger partial charge in [-0.3, -0.25) is 4.90 Å². The van der Waals surface area contributed by atoms with Crippen LogP contribution in [0.4, 0.5) is 5.82 Å². The first-order valence-electron chi connectivity index (χ1n) is 10.7. The summed E-state index contributed by atoms with van der Waals surface area (Å²) in [4.78, 5) is 20.1. The van der Waals surface area contributed by atoms with Crippen molar-refractivity contribution >= 4 is 17.5 Å². The number of benzene rings is 1. The molecule has 0 amide bonds. The van der Waals surface area contributed by atoms with Gasteiger partial charge in [0.15, 0.2) is 6.20 Å². The van der Waals surface area contributed by atoms with E-state index in [9.17, 15) is 4.79 Å². The highest BCUT2D eigenvalue weighted by atomic mass is 16.5. The second-order valence-electron chi connectivity index (χ2n) is 8.35. The molecule has 1 N–H and O–H groups in total. The molecule has 1 aromatic heterocycles. The van der Waals surface area contributed by atoms with Gasteiger partial charge in [0.05, 0.1) is 11.1 Å². The number of esters is 1. The first-order chi connectivity index (χ1) is 15.5. The normalized spacial score (nSPS) is 20.4. The number of carbonyl (C=O) groups is 1. The van der Waals surface area contributed by atoms with Crippen LogP contribution in [0.5, 0.6) is 0 Å². The SMILES string of the molecule is Cc1cc([N+]2=NCC(CN3CCN[C@H](c4ccc5c(c4C)COC5=O)C3)=N2)ncc1C#N.